The maximum atomic E-state index is 4.48. The van der Waals surface area contributed by atoms with Gasteiger partial charge in [0.15, 0.2) is 0 Å². The Kier molecular flexibility index (Phi) is 3.50. The number of rotatable bonds is 5. The Morgan fingerprint density at radius 1 is 1.44 bits per heavy atom. The summed E-state index contributed by atoms with van der Waals surface area (Å²) in [6, 6.07) is 0. The van der Waals surface area contributed by atoms with E-state index in [4.69, 9.17) is 0 Å². The van der Waals surface area contributed by atoms with E-state index in [1.807, 2.05) is 41.7 Å². The third-order valence-electron chi connectivity index (χ3n) is 2.71. The molecule has 0 bridgehead atoms. The molecule has 18 heavy (non-hydrogen) atoms. The molecular weight excluding hydrogens is 226 g/mol. The molecule has 0 spiro atoms. The lowest BCUT2D eigenvalue weighted by Crippen LogP contribution is -2.06. The second-order valence-corrected chi connectivity index (χ2v) is 4.23. The molecule has 2 rings (SSSR count). The zero-order valence-corrected chi connectivity index (χ0v) is 11.1. The Hall–Kier alpha value is -2.04. The monoisotopic (exact) mass is 245 g/mol. The highest BCUT2D eigenvalue weighted by atomic mass is 15.3. The summed E-state index contributed by atoms with van der Waals surface area (Å²) in [7, 11) is 1.93. The Morgan fingerprint density at radius 2 is 2.22 bits per heavy atom. The molecule has 2 aromatic heterocycles. The topological polar surface area (TPSA) is 47.7 Å². The van der Waals surface area contributed by atoms with Gasteiger partial charge in [0, 0.05) is 26.0 Å². The fourth-order valence-electron chi connectivity index (χ4n) is 1.94. The van der Waals surface area contributed by atoms with Crippen molar-refractivity contribution >= 4 is 5.95 Å². The molecule has 0 fully saturated rings. The van der Waals surface area contributed by atoms with Crippen LogP contribution in [0.4, 0.5) is 5.95 Å². The maximum Gasteiger partial charge on any atom is 0.208 e. The standard InChI is InChI=1S/C13H19N5/c1-5-7-14-13-15-10(3)8-18(13)12-9-17(4)16-11(12)6-2/h5,8-9H,1,6-7H2,2-4H3,(H,14,15). The summed E-state index contributed by atoms with van der Waals surface area (Å²) >= 11 is 0. The van der Waals surface area contributed by atoms with E-state index >= 15 is 0 Å². The first-order valence-corrected chi connectivity index (χ1v) is 6.09. The summed E-state index contributed by atoms with van der Waals surface area (Å²) < 4.78 is 3.88. The predicted octanol–water partition coefficient (Wildman–Crippen LogP) is 2.07. The number of aromatic nitrogens is 4. The second-order valence-electron chi connectivity index (χ2n) is 4.23. The van der Waals surface area contributed by atoms with Gasteiger partial charge in [0.2, 0.25) is 5.95 Å². The third kappa shape index (κ3) is 2.30. The van der Waals surface area contributed by atoms with Crippen LogP contribution < -0.4 is 5.32 Å². The lowest BCUT2D eigenvalue weighted by molar-refractivity contribution is 0.746. The highest BCUT2D eigenvalue weighted by Crippen LogP contribution is 2.19. The van der Waals surface area contributed by atoms with Crippen LogP contribution in [0.1, 0.15) is 18.3 Å². The van der Waals surface area contributed by atoms with Crippen LogP contribution in [0.3, 0.4) is 0 Å². The largest absolute Gasteiger partial charge is 0.352 e. The molecule has 0 saturated heterocycles. The number of hydrogen-bond acceptors (Lipinski definition) is 3. The van der Waals surface area contributed by atoms with Gasteiger partial charge < -0.3 is 5.32 Å². The van der Waals surface area contributed by atoms with Crippen LogP contribution in [-0.2, 0) is 13.5 Å². The summed E-state index contributed by atoms with van der Waals surface area (Å²) in [6.07, 6.45) is 6.74. The zero-order chi connectivity index (χ0) is 13.1. The first-order chi connectivity index (χ1) is 8.65. The van der Waals surface area contributed by atoms with Gasteiger partial charge in [-0.15, -0.1) is 6.58 Å². The van der Waals surface area contributed by atoms with E-state index in [0.29, 0.717) is 6.54 Å². The SMILES string of the molecule is C=CCNc1nc(C)cn1-c1cn(C)nc1CC. The molecule has 0 amide bonds. The van der Waals surface area contributed by atoms with Crippen molar-refractivity contribution in [1.82, 2.24) is 19.3 Å². The van der Waals surface area contributed by atoms with Crippen molar-refractivity contribution < 1.29 is 0 Å². The molecule has 2 heterocycles. The van der Waals surface area contributed by atoms with Gasteiger partial charge in [-0.25, -0.2) is 4.98 Å². The highest BCUT2D eigenvalue weighted by Gasteiger charge is 2.12. The molecular formula is C13H19N5. The molecule has 0 saturated carbocycles. The van der Waals surface area contributed by atoms with Crippen molar-refractivity contribution in [2.75, 3.05) is 11.9 Å². The van der Waals surface area contributed by atoms with Gasteiger partial charge in [0.05, 0.1) is 17.1 Å². The van der Waals surface area contributed by atoms with E-state index in [-0.39, 0.29) is 0 Å². The Labute approximate surface area is 107 Å². The van der Waals surface area contributed by atoms with Crippen molar-refractivity contribution in [3.63, 3.8) is 0 Å². The van der Waals surface area contributed by atoms with Crippen molar-refractivity contribution in [3.8, 4) is 5.69 Å². The molecule has 0 aliphatic carbocycles. The fraction of sp³-hybridized carbons (Fsp3) is 0.385. The number of nitrogens with zero attached hydrogens (tertiary/aromatic N) is 4. The lowest BCUT2D eigenvalue weighted by atomic mass is 10.3. The minimum absolute atomic E-state index is 0.693. The lowest BCUT2D eigenvalue weighted by Gasteiger charge is -2.07. The molecule has 5 heteroatoms. The Balaban J connectivity index is 2.45. The van der Waals surface area contributed by atoms with Crippen molar-refractivity contribution in [2.24, 2.45) is 7.05 Å². The summed E-state index contributed by atoms with van der Waals surface area (Å²) in [4.78, 5) is 4.48. The van der Waals surface area contributed by atoms with E-state index in [2.05, 4.69) is 28.9 Å². The van der Waals surface area contributed by atoms with Crippen LogP contribution in [-0.4, -0.2) is 25.9 Å². The minimum atomic E-state index is 0.693. The van der Waals surface area contributed by atoms with E-state index in [1.165, 1.54) is 0 Å². The van der Waals surface area contributed by atoms with Crippen LogP contribution in [0.15, 0.2) is 25.0 Å². The van der Waals surface area contributed by atoms with Crippen LogP contribution >= 0.6 is 0 Å². The van der Waals surface area contributed by atoms with E-state index in [0.717, 1.165) is 29.4 Å². The van der Waals surface area contributed by atoms with Gasteiger partial charge in [0.1, 0.15) is 0 Å². The molecule has 0 radical (unpaired) electrons. The van der Waals surface area contributed by atoms with E-state index < -0.39 is 0 Å². The molecule has 0 aliphatic heterocycles. The van der Waals surface area contributed by atoms with Gasteiger partial charge >= 0.3 is 0 Å². The fourth-order valence-corrected chi connectivity index (χ4v) is 1.94. The quantitative estimate of drug-likeness (QED) is 0.820. The molecule has 0 unspecified atom stereocenters. The van der Waals surface area contributed by atoms with Crippen molar-refractivity contribution in [3.05, 3.63) is 36.4 Å². The molecule has 1 N–H and O–H groups in total. The number of imidazole rings is 1. The van der Waals surface area contributed by atoms with Crippen LogP contribution in [0.25, 0.3) is 5.69 Å². The molecule has 2 aromatic rings. The molecule has 96 valence electrons. The second kappa shape index (κ2) is 5.08. The summed E-state index contributed by atoms with van der Waals surface area (Å²) in [5.41, 5.74) is 3.12. The smallest absolute Gasteiger partial charge is 0.208 e. The summed E-state index contributed by atoms with van der Waals surface area (Å²) in [5.74, 6) is 0.829. The number of hydrogen-bond donors (Lipinski definition) is 1. The zero-order valence-electron chi connectivity index (χ0n) is 11.1. The molecule has 0 aromatic carbocycles. The average Bonchev–Trinajstić information content (AvgIpc) is 2.89. The van der Waals surface area contributed by atoms with E-state index in [1.54, 1.807) is 0 Å². The van der Waals surface area contributed by atoms with Gasteiger partial charge in [-0.2, -0.15) is 5.10 Å². The molecule has 5 nitrogen and oxygen atoms in total. The summed E-state index contributed by atoms with van der Waals surface area (Å²) in [6.45, 7) is 8.49. The first-order valence-electron chi connectivity index (χ1n) is 6.09. The molecule has 0 aliphatic rings. The highest BCUT2D eigenvalue weighted by molar-refractivity contribution is 5.45. The number of aryl methyl sites for hydroxylation is 3. The average molecular weight is 245 g/mol. The third-order valence-corrected chi connectivity index (χ3v) is 2.71. The number of nitrogens with one attached hydrogen (secondary N) is 1. The number of anilines is 1. The van der Waals surface area contributed by atoms with E-state index in [9.17, 15) is 0 Å². The van der Waals surface area contributed by atoms with Crippen LogP contribution in [0, 0.1) is 6.92 Å². The first kappa shape index (κ1) is 12.4. The predicted molar refractivity (Wildman–Crippen MR) is 73.1 cm³/mol. The van der Waals surface area contributed by atoms with Crippen LogP contribution in [0.5, 0.6) is 0 Å². The van der Waals surface area contributed by atoms with Crippen molar-refractivity contribution in [2.45, 2.75) is 20.3 Å². The normalized spacial score (nSPS) is 10.6. The van der Waals surface area contributed by atoms with Gasteiger partial charge in [-0.3, -0.25) is 9.25 Å². The molecule has 0 atom stereocenters. The minimum Gasteiger partial charge on any atom is -0.352 e. The van der Waals surface area contributed by atoms with Crippen molar-refractivity contribution in [1.29, 1.82) is 0 Å². The van der Waals surface area contributed by atoms with Gasteiger partial charge in [-0.1, -0.05) is 13.0 Å². The van der Waals surface area contributed by atoms with Gasteiger partial charge in [-0.05, 0) is 13.3 Å². The Morgan fingerprint density at radius 3 is 2.89 bits per heavy atom. The maximum absolute atomic E-state index is 4.48. The summed E-state index contributed by atoms with van der Waals surface area (Å²) in [5, 5.41) is 7.70. The Bertz CT molecular complexity index is 550. The van der Waals surface area contributed by atoms with Crippen LogP contribution in [0.2, 0.25) is 0 Å². The van der Waals surface area contributed by atoms with Gasteiger partial charge in [0.25, 0.3) is 0 Å².